The van der Waals surface area contributed by atoms with Gasteiger partial charge in [0, 0.05) is 11.0 Å². The summed E-state index contributed by atoms with van der Waals surface area (Å²) in [6.45, 7) is 7.55. The second kappa shape index (κ2) is 4.63. The number of carbonyl (C=O) groups excluding carboxylic acids is 1. The molecule has 6 atom stereocenters. The average Bonchev–Trinajstić information content (AvgIpc) is 2.69. The first-order valence-corrected chi connectivity index (χ1v) is 9.11. The Morgan fingerprint density at radius 1 is 1.28 bits per heavy atom. The molecule has 0 aromatic carbocycles. The topological polar surface area (TPSA) is 94.8 Å². The maximum Gasteiger partial charge on any atom is 0.309 e. The monoisotopic (exact) mass is 346 g/mol. The number of ketones is 1. The highest BCUT2D eigenvalue weighted by Crippen LogP contribution is 2.70. The van der Waals surface area contributed by atoms with E-state index in [0.29, 0.717) is 38.5 Å². The van der Waals surface area contributed by atoms with E-state index < -0.39 is 33.9 Å². The van der Waals surface area contributed by atoms with Gasteiger partial charge in [-0.2, -0.15) is 0 Å². The van der Waals surface area contributed by atoms with Gasteiger partial charge in [0.1, 0.15) is 0 Å². The summed E-state index contributed by atoms with van der Waals surface area (Å²) in [4.78, 5) is 25.1. The summed E-state index contributed by atoms with van der Waals surface area (Å²) in [5.74, 6) is -1.18. The van der Waals surface area contributed by atoms with Crippen molar-refractivity contribution in [3.63, 3.8) is 0 Å². The summed E-state index contributed by atoms with van der Waals surface area (Å²) in [7, 11) is 0. The third-order valence-corrected chi connectivity index (χ3v) is 8.08. The number of Topliss-reactive ketones (excluding diaryl/α,β-unsaturated/α-hetero) is 1. The van der Waals surface area contributed by atoms with E-state index in [1.165, 1.54) is 0 Å². The summed E-state index contributed by atoms with van der Waals surface area (Å²) in [5, 5.41) is 31.6. The van der Waals surface area contributed by atoms with Gasteiger partial charge in [0.15, 0.2) is 5.78 Å². The molecule has 3 saturated carbocycles. The van der Waals surface area contributed by atoms with Gasteiger partial charge in [-0.25, -0.2) is 0 Å². The van der Waals surface area contributed by atoms with E-state index in [4.69, 9.17) is 0 Å². The zero-order valence-electron chi connectivity index (χ0n) is 14.8. The second-order valence-corrected chi connectivity index (χ2v) is 9.07. The van der Waals surface area contributed by atoms with Crippen molar-refractivity contribution in [1.82, 2.24) is 0 Å². The van der Waals surface area contributed by atoms with E-state index in [0.717, 1.165) is 5.57 Å². The third-order valence-electron chi connectivity index (χ3n) is 8.08. The lowest BCUT2D eigenvalue weighted by atomic mass is 9.43. The van der Waals surface area contributed by atoms with Gasteiger partial charge in [0.25, 0.3) is 0 Å². The van der Waals surface area contributed by atoms with Crippen molar-refractivity contribution in [1.29, 1.82) is 0 Å². The molecule has 5 heteroatoms. The van der Waals surface area contributed by atoms with Crippen molar-refractivity contribution in [3.8, 4) is 0 Å². The molecule has 0 heterocycles. The maximum atomic E-state index is 13.1. The highest BCUT2D eigenvalue weighted by atomic mass is 16.4. The molecule has 5 nitrogen and oxygen atoms in total. The Bertz CT molecular complexity index is 738. The molecule has 0 saturated heterocycles. The standard InChI is InChI=1S/C20H26O5/c1-11-15(22)19-8-4-12-17(2,16(23)24)7-6-14(21)18(12,3)13(19)5-9-20(11,25)10-19/h5,12,14,21,25H,1,4,6-10H2,2-3H3,(H,23,24)/t12-,14+,17-,18-,19-,20+/m1/s1. The number of carbonyl (C=O) groups is 2. The van der Waals surface area contributed by atoms with Gasteiger partial charge in [-0.3, -0.25) is 9.59 Å². The molecule has 4 aliphatic carbocycles. The molecule has 1 spiro atoms. The Morgan fingerprint density at radius 2 is 1.96 bits per heavy atom. The molecule has 136 valence electrons. The van der Waals surface area contributed by atoms with Crippen LogP contribution in [0.5, 0.6) is 0 Å². The maximum absolute atomic E-state index is 13.1. The van der Waals surface area contributed by atoms with Crippen molar-refractivity contribution < 1.29 is 24.9 Å². The minimum Gasteiger partial charge on any atom is -0.481 e. The highest BCUT2D eigenvalue weighted by molar-refractivity contribution is 6.07. The van der Waals surface area contributed by atoms with Gasteiger partial charge in [0.05, 0.1) is 22.5 Å². The van der Waals surface area contributed by atoms with Crippen LogP contribution in [0.25, 0.3) is 0 Å². The van der Waals surface area contributed by atoms with Crippen molar-refractivity contribution in [2.45, 2.75) is 64.1 Å². The number of aliphatic hydroxyl groups excluding tert-OH is 1. The minimum absolute atomic E-state index is 0.117. The zero-order valence-corrected chi connectivity index (χ0v) is 14.8. The van der Waals surface area contributed by atoms with E-state index in [-0.39, 0.29) is 17.3 Å². The molecule has 3 fully saturated rings. The van der Waals surface area contributed by atoms with E-state index >= 15 is 0 Å². The summed E-state index contributed by atoms with van der Waals surface area (Å²) in [6.07, 6.45) is 3.79. The number of rotatable bonds is 1. The lowest BCUT2D eigenvalue weighted by Gasteiger charge is -2.61. The summed E-state index contributed by atoms with van der Waals surface area (Å²) in [5.41, 5.74) is -2.54. The van der Waals surface area contributed by atoms with Crippen molar-refractivity contribution in [2.75, 3.05) is 0 Å². The third kappa shape index (κ3) is 1.71. The first kappa shape index (κ1) is 17.0. The van der Waals surface area contributed by atoms with Crippen LogP contribution >= 0.6 is 0 Å². The number of aliphatic carboxylic acids is 1. The van der Waals surface area contributed by atoms with Gasteiger partial charge in [-0.1, -0.05) is 25.2 Å². The summed E-state index contributed by atoms with van der Waals surface area (Å²) in [6, 6.07) is 0. The Kier molecular flexibility index (Phi) is 3.14. The van der Waals surface area contributed by atoms with Crippen LogP contribution in [0.2, 0.25) is 0 Å². The van der Waals surface area contributed by atoms with Crippen LogP contribution in [-0.4, -0.2) is 38.8 Å². The van der Waals surface area contributed by atoms with Crippen LogP contribution in [0.4, 0.5) is 0 Å². The normalized spacial score (nSPS) is 51.6. The van der Waals surface area contributed by atoms with Crippen LogP contribution < -0.4 is 0 Å². The molecule has 0 amide bonds. The molecule has 4 aliphatic rings. The number of carboxylic acids is 1. The number of aliphatic hydroxyl groups is 2. The van der Waals surface area contributed by atoms with Crippen molar-refractivity contribution in [3.05, 3.63) is 23.8 Å². The van der Waals surface area contributed by atoms with Gasteiger partial charge in [0.2, 0.25) is 0 Å². The minimum atomic E-state index is -1.18. The van der Waals surface area contributed by atoms with Gasteiger partial charge in [-0.05, 0) is 51.4 Å². The Hall–Kier alpha value is -1.46. The van der Waals surface area contributed by atoms with Crippen molar-refractivity contribution >= 4 is 11.8 Å². The predicted molar refractivity (Wildman–Crippen MR) is 90.7 cm³/mol. The van der Waals surface area contributed by atoms with Gasteiger partial charge >= 0.3 is 5.97 Å². The van der Waals surface area contributed by atoms with E-state index in [1.807, 2.05) is 13.0 Å². The van der Waals surface area contributed by atoms with E-state index in [2.05, 4.69) is 6.58 Å². The van der Waals surface area contributed by atoms with E-state index in [9.17, 15) is 24.9 Å². The molecule has 0 aromatic rings. The molecule has 25 heavy (non-hydrogen) atoms. The molecule has 0 unspecified atom stereocenters. The Morgan fingerprint density at radius 3 is 2.60 bits per heavy atom. The highest BCUT2D eigenvalue weighted by Gasteiger charge is 2.70. The van der Waals surface area contributed by atoms with Crippen molar-refractivity contribution in [2.24, 2.45) is 22.2 Å². The van der Waals surface area contributed by atoms with Crippen LogP contribution in [0.3, 0.4) is 0 Å². The molecule has 0 aliphatic heterocycles. The first-order valence-electron chi connectivity index (χ1n) is 9.11. The van der Waals surface area contributed by atoms with Crippen LogP contribution in [0.1, 0.15) is 52.4 Å². The summed E-state index contributed by atoms with van der Waals surface area (Å²) < 4.78 is 0. The lowest BCUT2D eigenvalue weighted by molar-refractivity contribution is -0.172. The fourth-order valence-electron chi connectivity index (χ4n) is 6.57. The molecular weight excluding hydrogens is 320 g/mol. The molecule has 0 radical (unpaired) electrons. The van der Waals surface area contributed by atoms with Crippen LogP contribution in [-0.2, 0) is 9.59 Å². The predicted octanol–water partition coefficient (Wildman–Crippen LogP) is 2.22. The zero-order chi connectivity index (χ0) is 18.4. The smallest absolute Gasteiger partial charge is 0.309 e. The van der Waals surface area contributed by atoms with Crippen LogP contribution in [0.15, 0.2) is 23.8 Å². The number of carboxylic acid groups (broad SMARTS) is 1. The van der Waals surface area contributed by atoms with Gasteiger partial charge < -0.3 is 15.3 Å². The quantitative estimate of drug-likeness (QED) is 0.500. The molecule has 4 rings (SSSR count). The molecule has 3 N–H and O–H groups in total. The fourth-order valence-corrected chi connectivity index (χ4v) is 6.57. The second-order valence-electron chi connectivity index (χ2n) is 9.07. The Labute approximate surface area is 147 Å². The number of hydrogen-bond donors (Lipinski definition) is 3. The van der Waals surface area contributed by atoms with Gasteiger partial charge in [-0.15, -0.1) is 0 Å². The first-order chi connectivity index (χ1) is 11.5. The fraction of sp³-hybridized carbons (Fsp3) is 0.700. The van der Waals surface area contributed by atoms with E-state index in [1.54, 1.807) is 6.92 Å². The largest absolute Gasteiger partial charge is 0.481 e. The average molecular weight is 346 g/mol. The lowest BCUT2D eigenvalue weighted by Crippen LogP contribution is -2.61. The molecule has 2 bridgehead atoms. The summed E-state index contributed by atoms with van der Waals surface area (Å²) >= 11 is 0. The molecule has 0 aromatic heterocycles. The SMILES string of the molecule is C=C1C(=O)[C@@]23CC[C@H]4[C@](C)(C2=CC[C@]1(O)C3)[C@@H](O)CC[C@@]4(C)C(=O)O. The molecular formula is C20H26O5. The number of hydrogen-bond acceptors (Lipinski definition) is 4. The number of fused-ring (bicyclic) bond motifs is 3. The Balaban J connectivity index is 1.90. The van der Waals surface area contributed by atoms with Crippen LogP contribution in [0, 0.1) is 22.2 Å².